The monoisotopic (exact) mass is 304 g/mol. The first-order valence-corrected chi connectivity index (χ1v) is 8.44. The molecule has 110 valence electrons. The molecular weight excluding hydrogens is 285 g/mol. The molecule has 3 rings (SSSR count). The second kappa shape index (κ2) is 6.52. The van der Waals surface area contributed by atoms with Crippen LogP contribution in [0.2, 0.25) is 0 Å². The van der Waals surface area contributed by atoms with Crippen molar-refractivity contribution in [1.29, 1.82) is 0 Å². The smallest absolute Gasteiger partial charge is 0.303 e. The van der Waals surface area contributed by atoms with Gasteiger partial charge in [-0.2, -0.15) is 0 Å². The van der Waals surface area contributed by atoms with Crippen LogP contribution < -0.4 is 4.52 Å². The first kappa shape index (κ1) is 14.5. The molecule has 1 aliphatic heterocycles. The zero-order valence-electron chi connectivity index (χ0n) is 11.9. The third kappa shape index (κ3) is 3.41. The van der Waals surface area contributed by atoms with Crippen LogP contribution in [0.3, 0.4) is 0 Å². The molecule has 0 radical (unpaired) electrons. The van der Waals surface area contributed by atoms with E-state index in [1.54, 1.807) is 6.07 Å². The molecule has 0 bridgehead atoms. The molecule has 0 aromatic heterocycles. The van der Waals surface area contributed by atoms with E-state index in [1.807, 2.05) is 24.3 Å². The van der Waals surface area contributed by atoms with Crippen LogP contribution in [0.1, 0.15) is 18.4 Å². The molecular formula is C16H19NO3P+. The minimum absolute atomic E-state index is 0.494. The van der Waals surface area contributed by atoms with E-state index in [1.165, 1.54) is 31.5 Å². The van der Waals surface area contributed by atoms with E-state index in [9.17, 15) is 4.57 Å². The van der Waals surface area contributed by atoms with Crippen molar-refractivity contribution in [3.05, 3.63) is 42.0 Å². The van der Waals surface area contributed by atoms with Gasteiger partial charge in [-0.15, -0.1) is 4.89 Å². The summed E-state index contributed by atoms with van der Waals surface area (Å²) in [6.45, 7) is 3.38. The zero-order valence-corrected chi connectivity index (χ0v) is 12.8. The Morgan fingerprint density at radius 1 is 1.14 bits per heavy atom. The van der Waals surface area contributed by atoms with Crippen LogP contribution in [0.5, 0.6) is 5.75 Å². The molecule has 1 saturated heterocycles. The Labute approximate surface area is 125 Å². The van der Waals surface area contributed by atoms with Crippen molar-refractivity contribution >= 4 is 19.0 Å². The highest BCUT2D eigenvalue weighted by Gasteiger charge is 2.19. The van der Waals surface area contributed by atoms with Gasteiger partial charge >= 0.3 is 8.25 Å². The Hall–Kier alpha value is -1.48. The maximum Gasteiger partial charge on any atom is 0.747 e. The highest BCUT2D eigenvalue weighted by molar-refractivity contribution is 7.32. The van der Waals surface area contributed by atoms with E-state index in [2.05, 4.69) is 11.0 Å². The molecule has 1 N–H and O–H groups in total. The Kier molecular flexibility index (Phi) is 4.49. The molecule has 1 unspecified atom stereocenters. The summed E-state index contributed by atoms with van der Waals surface area (Å²) in [5.74, 6) is 0.494. The van der Waals surface area contributed by atoms with Crippen molar-refractivity contribution in [2.24, 2.45) is 0 Å². The SMILES string of the molecule is O=[P+](O)Oc1cccc2cccc(CCN3CCCC3)c12. The van der Waals surface area contributed by atoms with Gasteiger partial charge < -0.3 is 4.90 Å². The number of hydrogen-bond acceptors (Lipinski definition) is 3. The summed E-state index contributed by atoms with van der Waals surface area (Å²) in [6, 6.07) is 11.7. The van der Waals surface area contributed by atoms with E-state index in [4.69, 9.17) is 9.42 Å². The predicted molar refractivity (Wildman–Crippen MR) is 83.8 cm³/mol. The van der Waals surface area contributed by atoms with Crippen LogP contribution in [-0.2, 0) is 11.0 Å². The molecule has 1 aliphatic rings. The molecule has 0 saturated carbocycles. The number of fused-ring (bicyclic) bond motifs is 1. The van der Waals surface area contributed by atoms with Crippen LogP contribution >= 0.6 is 8.25 Å². The third-order valence-corrected chi connectivity index (χ3v) is 4.38. The lowest BCUT2D eigenvalue weighted by Gasteiger charge is -2.15. The van der Waals surface area contributed by atoms with Gasteiger partial charge in [0.25, 0.3) is 0 Å². The summed E-state index contributed by atoms with van der Waals surface area (Å²) >= 11 is 0. The van der Waals surface area contributed by atoms with Gasteiger partial charge in [0.2, 0.25) is 0 Å². The van der Waals surface area contributed by atoms with Crippen molar-refractivity contribution in [3.63, 3.8) is 0 Å². The van der Waals surface area contributed by atoms with Gasteiger partial charge in [0.1, 0.15) is 0 Å². The molecule has 4 nitrogen and oxygen atoms in total. The highest BCUT2D eigenvalue weighted by Crippen LogP contribution is 2.34. The Morgan fingerprint density at radius 3 is 2.57 bits per heavy atom. The lowest BCUT2D eigenvalue weighted by molar-refractivity contribution is 0.344. The first-order valence-electron chi connectivity index (χ1n) is 7.31. The molecule has 1 fully saturated rings. The molecule has 2 aromatic rings. The van der Waals surface area contributed by atoms with Gasteiger partial charge in [0, 0.05) is 16.5 Å². The van der Waals surface area contributed by atoms with E-state index in [0.29, 0.717) is 5.75 Å². The summed E-state index contributed by atoms with van der Waals surface area (Å²) in [7, 11) is -2.64. The standard InChI is InChI=1S/C16H18NO3P/c18-21(19)20-15-8-4-7-13-5-3-6-14(16(13)15)9-12-17-10-1-2-11-17/h3-8H,1-2,9-12H2/p+1. The Bertz CT molecular complexity index is 648. The molecule has 1 atom stereocenters. The van der Waals surface area contributed by atoms with Crippen molar-refractivity contribution in [2.75, 3.05) is 19.6 Å². The van der Waals surface area contributed by atoms with Gasteiger partial charge in [0.15, 0.2) is 5.75 Å². The second-order valence-electron chi connectivity index (χ2n) is 5.40. The molecule has 0 amide bonds. The van der Waals surface area contributed by atoms with Gasteiger partial charge in [-0.05, 0) is 49.4 Å². The summed E-state index contributed by atoms with van der Waals surface area (Å²) in [5.41, 5.74) is 1.17. The fourth-order valence-electron chi connectivity index (χ4n) is 3.04. The molecule has 0 spiro atoms. The van der Waals surface area contributed by atoms with Crippen LogP contribution in [0.15, 0.2) is 36.4 Å². The van der Waals surface area contributed by atoms with E-state index < -0.39 is 8.25 Å². The summed E-state index contributed by atoms with van der Waals surface area (Å²) in [4.78, 5) is 11.5. The maximum atomic E-state index is 11.0. The number of likely N-dealkylation sites (tertiary alicyclic amines) is 1. The predicted octanol–water partition coefficient (Wildman–Crippen LogP) is 3.51. The third-order valence-electron chi connectivity index (χ3n) is 4.03. The summed E-state index contributed by atoms with van der Waals surface area (Å²) in [6.07, 6.45) is 3.50. The lowest BCUT2D eigenvalue weighted by Crippen LogP contribution is -2.22. The first-order chi connectivity index (χ1) is 10.2. The zero-order chi connectivity index (χ0) is 14.7. The van der Waals surface area contributed by atoms with Gasteiger partial charge in [-0.3, -0.25) is 0 Å². The average molecular weight is 304 g/mol. The minimum atomic E-state index is -2.64. The van der Waals surface area contributed by atoms with Gasteiger partial charge in [-0.1, -0.05) is 30.3 Å². The highest BCUT2D eigenvalue weighted by atomic mass is 31.1. The molecule has 2 aromatic carbocycles. The minimum Gasteiger partial charge on any atom is -0.303 e. The van der Waals surface area contributed by atoms with Crippen LogP contribution in [-0.4, -0.2) is 29.4 Å². The van der Waals surface area contributed by atoms with Crippen LogP contribution in [0.4, 0.5) is 0 Å². The lowest BCUT2D eigenvalue weighted by atomic mass is 10.0. The quantitative estimate of drug-likeness (QED) is 0.859. The van der Waals surface area contributed by atoms with Crippen molar-refractivity contribution in [1.82, 2.24) is 4.90 Å². The Balaban J connectivity index is 1.90. The molecule has 21 heavy (non-hydrogen) atoms. The largest absolute Gasteiger partial charge is 0.747 e. The van der Waals surface area contributed by atoms with Gasteiger partial charge in [0.05, 0.1) is 0 Å². The van der Waals surface area contributed by atoms with Crippen LogP contribution in [0.25, 0.3) is 10.8 Å². The number of hydrogen-bond donors (Lipinski definition) is 1. The molecule has 0 aliphatic carbocycles. The van der Waals surface area contributed by atoms with Gasteiger partial charge in [-0.25, -0.2) is 4.52 Å². The fourth-order valence-corrected chi connectivity index (χ4v) is 3.36. The molecule has 5 heteroatoms. The van der Waals surface area contributed by atoms with Crippen LogP contribution in [0, 0.1) is 0 Å². The average Bonchev–Trinajstić information content (AvgIpc) is 2.98. The normalized spacial score (nSPS) is 16.3. The van der Waals surface area contributed by atoms with E-state index >= 15 is 0 Å². The second-order valence-corrected chi connectivity index (χ2v) is 6.06. The maximum absolute atomic E-state index is 11.0. The summed E-state index contributed by atoms with van der Waals surface area (Å²) < 4.78 is 16.1. The van der Waals surface area contributed by atoms with E-state index in [0.717, 1.165) is 23.7 Å². The number of benzene rings is 2. The van der Waals surface area contributed by atoms with E-state index in [-0.39, 0.29) is 0 Å². The topological polar surface area (TPSA) is 49.8 Å². The fraction of sp³-hybridized carbons (Fsp3) is 0.375. The van der Waals surface area contributed by atoms with Crippen molar-refractivity contribution in [2.45, 2.75) is 19.3 Å². The van der Waals surface area contributed by atoms with Crippen molar-refractivity contribution in [3.8, 4) is 5.75 Å². The number of rotatable bonds is 5. The molecule has 1 heterocycles. The Morgan fingerprint density at radius 2 is 1.86 bits per heavy atom. The number of nitrogens with zero attached hydrogens (tertiary/aromatic N) is 1. The summed E-state index contributed by atoms with van der Waals surface area (Å²) in [5, 5.41) is 2.00. The van der Waals surface area contributed by atoms with Crippen molar-refractivity contribution < 1.29 is 14.0 Å².